The van der Waals surface area contributed by atoms with Gasteiger partial charge in [-0.25, -0.2) is 0 Å². The molecule has 62 valence electrons. The van der Waals surface area contributed by atoms with Crippen LogP contribution >= 0.6 is 0 Å². The maximum Gasteiger partial charge on any atom is 0.245 e. The predicted octanol–water partition coefficient (Wildman–Crippen LogP) is -2.02. The molecule has 1 fully saturated rings. The van der Waals surface area contributed by atoms with Crippen LogP contribution in [0.1, 0.15) is 6.92 Å². The minimum absolute atomic E-state index is 0.261. The van der Waals surface area contributed by atoms with Gasteiger partial charge in [-0.3, -0.25) is 9.59 Å². The maximum atomic E-state index is 10.9. The van der Waals surface area contributed by atoms with E-state index in [9.17, 15) is 9.59 Å². The molecule has 0 aromatic carbocycles. The highest BCUT2D eigenvalue weighted by atomic mass is 16.3. The standard InChI is InChI=1S/C6H10N2O3/c1-3-5(10)8-4(2-9)6(11)7-3/h3-4,9H,2H2,1H3,(H,7,11)(H,8,10)/t3-,4+/m0/s1. The van der Waals surface area contributed by atoms with Crippen molar-refractivity contribution in [2.45, 2.75) is 19.0 Å². The molecule has 3 N–H and O–H groups in total. The highest BCUT2D eigenvalue weighted by Gasteiger charge is 2.29. The van der Waals surface area contributed by atoms with E-state index >= 15 is 0 Å². The Hall–Kier alpha value is -1.10. The van der Waals surface area contributed by atoms with E-state index in [0.717, 1.165) is 0 Å². The van der Waals surface area contributed by atoms with Crippen molar-refractivity contribution in [1.82, 2.24) is 10.6 Å². The summed E-state index contributed by atoms with van der Waals surface area (Å²) < 4.78 is 0. The zero-order valence-electron chi connectivity index (χ0n) is 6.13. The summed E-state index contributed by atoms with van der Waals surface area (Å²) in [5.41, 5.74) is 0. The third-order valence-corrected chi connectivity index (χ3v) is 1.57. The van der Waals surface area contributed by atoms with Crippen LogP contribution in [-0.2, 0) is 9.59 Å². The van der Waals surface area contributed by atoms with E-state index in [0.29, 0.717) is 0 Å². The summed E-state index contributed by atoms with van der Waals surface area (Å²) in [7, 11) is 0. The molecule has 0 radical (unpaired) electrons. The fourth-order valence-corrected chi connectivity index (χ4v) is 0.870. The minimum atomic E-state index is -0.779. The fourth-order valence-electron chi connectivity index (χ4n) is 0.870. The van der Waals surface area contributed by atoms with E-state index in [1.54, 1.807) is 6.92 Å². The van der Waals surface area contributed by atoms with Gasteiger partial charge in [-0.05, 0) is 6.92 Å². The molecule has 0 unspecified atom stereocenters. The summed E-state index contributed by atoms with van der Waals surface area (Å²) in [6.07, 6.45) is 0. The van der Waals surface area contributed by atoms with Crippen LogP contribution in [0, 0.1) is 0 Å². The summed E-state index contributed by atoms with van der Waals surface area (Å²) in [5.74, 6) is -0.594. The molecule has 1 rings (SSSR count). The van der Waals surface area contributed by atoms with Gasteiger partial charge in [-0.15, -0.1) is 0 Å². The molecule has 1 aliphatic heterocycles. The number of amides is 2. The lowest BCUT2D eigenvalue weighted by molar-refractivity contribution is -0.137. The molecule has 0 saturated carbocycles. The zero-order valence-corrected chi connectivity index (χ0v) is 6.13. The van der Waals surface area contributed by atoms with Gasteiger partial charge in [-0.2, -0.15) is 0 Å². The highest BCUT2D eigenvalue weighted by Crippen LogP contribution is 1.94. The summed E-state index contributed by atoms with van der Waals surface area (Å²) >= 11 is 0. The van der Waals surface area contributed by atoms with Gasteiger partial charge in [0.1, 0.15) is 12.1 Å². The maximum absolute atomic E-state index is 10.9. The number of nitrogens with one attached hydrogen (secondary N) is 2. The van der Waals surface area contributed by atoms with Crippen molar-refractivity contribution in [2.24, 2.45) is 0 Å². The highest BCUT2D eigenvalue weighted by molar-refractivity contribution is 5.96. The fraction of sp³-hybridized carbons (Fsp3) is 0.667. The normalized spacial score (nSPS) is 31.1. The lowest BCUT2D eigenvalue weighted by Crippen LogP contribution is -2.61. The Kier molecular flexibility index (Phi) is 2.09. The number of rotatable bonds is 1. The van der Waals surface area contributed by atoms with Gasteiger partial charge in [0, 0.05) is 0 Å². The van der Waals surface area contributed by atoms with E-state index in [1.807, 2.05) is 0 Å². The van der Waals surface area contributed by atoms with Crippen molar-refractivity contribution < 1.29 is 14.7 Å². The first kappa shape index (κ1) is 8.00. The monoisotopic (exact) mass is 158 g/mol. The number of hydrogen-bond acceptors (Lipinski definition) is 3. The molecule has 0 aliphatic carbocycles. The molecule has 1 heterocycles. The van der Waals surface area contributed by atoms with Crippen LogP contribution in [0.15, 0.2) is 0 Å². The molecular weight excluding hydrogens is 148 g/mol. The van der Waals surface area contributed by atoms with Gasteiger partial charge in [0.25, 0.3) is 0 Å². The van der Waals surface area contributed by atoms with Crippen LogP contribution in [-0.4, -0.2) is 35.6 Å². The van der Waals surface area contributed by atoms with Gasteiger partial charge in [0.2, 0.25) is 11.8 Å². The Morgan fingerprint density at radius 3 is 2.55 bits per heavy atom. The van der Waals surface area contributed by atoms with Crippen LogP contribution in [0.25, 0.3) is 0 Å². The molecular formula is C6H10N2O3. The molecule has 0 bridgehead atoms. The third kappa shape index (κ3) is 1.48. The third-order valence-electron chi connectivity index (χ3n) is 1.57. The van der Waals surface area contributed by atoms with Crippen molar-refractivity contribution in [3.05, 3.63) is 0 Å². The Labute approximate surface area is 63.8 Å². The largest absolute Gasteiger partial charge is 0.394 e. The lowest BCUT2D eigenvalue weighted by atomic mass is 10.1. The Morgan fingerprint density at radius 1 is 1.36 bits per heavy atom. The van der Waals surface area contributed by atoms with Gasteiger partial charge in [0.15, 0.2) is 0 Å². The molecule has 1 saturated heterocycles. The SMILES string of the molecule is C[C@@H]1NC(=O)[C@@H](CO)NC1=O. The van der Waals surface area contributed by atoms with E-state index < -0.39 is 12.1 Å². The van der Waals surface area contributed by atoms with Crippen LogP contribution in [0.4, 0.5) is 0 Å². The van der Waals surface area contributed by atoms with E-state index in [2.05, 4.69) is 10.6 Å². The lowest BCUT2D eigenvalue weighted by Gasteiger charge is -2.25. The molecule has 2 amide bonds. The van der Waals surface area contributed by atoms with Gasteiger partial charge in [0.05, 0.1) is 6.61 Å². The van der Waals surface area contributed by atoms with Crippen LogP contribution in [0.5, 0.6) is 0 Å². The zero-order chi connectivity index (χ0) is 8.43. The number of aliphatic hydroxyl groups is 1. The first-order chi connectivity index (χ1) is 5.15. The molecule has 0 aromatic rings. The van der Waals surface area contributed by atoms with Crippen LogP contribution < -0.4 is 10.6 Å². The second kappa shape index (κ2) is 2.87. The number of piperazine rings is 1. The molecule has 0 spiro atoms. The summed E-state index contributed by atoms with van der Waals surface area (Å²) in [5, 5.41) is 13.4. The second-order valence-corrected chi connectivity index (χ2v) is 2.47. The Balaban J connectivity index is 2.62. The quantitative estimate of drug-likeness (QED) is 0.412. The van der Waals surface area contributed by atoms with Crippen molar-refractivity contribution in [1.29, 1.82) is 0 Å². The topological polar surface area (TPSA) is 78.4 Å². The first-order valence-electron chi connectivity index (χ1n) is 3.36. The molecule has 1 aliphatic rings. The number of carbonyl (C=O) groups is 2. The van der Waals surface area contributed by atoms with E-state index in [-0.39, 0.29) is 18.4 Å². The van der Waals surface area contributed by atoms with Crippen molar-refractivity contribution in [2.75, 3.05) is 6.61 Å². The summed E-state index contributed by atoms with van der Waals surface area (Å²) in [4.78, 5) is 21.8. The number of carbonyl (C=O) groups excluding carboxylic acids is 2. The predicted molar refractivity (Wildman–Crippen MR) is 36.6 cm³/mol. The Bertz CT molecular complexity index is 192. The average Bonchev–Trinajstić information content (AvgIpc) is 1.97. The molecule has 0 aromatic heterocycles. The second-order valence-electron chi connectivity index (χ2n) is 2.47. The van der Waals surface area contributed by atoms with Crippen LogP contribution in [0.3, 0.4) is 0 Å². The van der Waals surface area contributed by atoms with Gasteiger partial charge in [-0.1, -0.05) is 0 Å². The van der Waals surface area contributed by atoms with Gasteiger partial charge >= 0.3 is 0 Å². The smallest absolute Gasteiger partial charge is 0.245 e. The molecule has 11 heavy (non-hydrogen) atoms. The first-order valence-corrected chi connectivity index (χ1v) is 3.36. The van der Waals surface area contributed by atoms with Crippen molar-refractivity contribution in [3.63, 3.8) is 0 Å². The number of aliphatic hydroxyl groups excluding tert-OH is 1. The number of hydrogen-bond donors (Lipinski definition) is 3. The van der Waals surface area contributed by atoms with Crippen molar-refractivity contribution >= 4 is 11.8 Å². The molecule has 5 nitrogen and oxygen atoms in total. The van der Waals surface area contributed by atoms with Crippen molar-refractivity contribution in [3.8, 4) is 0 Å². The minimum Gasteiger partial charge on any atom is -0.394 e. The Morgan fingerprint density at radius 2 is 2.00 bits per heavy atom. The molecule has 5 heteroatoms. The van der Waals surface area contributed by atoms with E-state index in [1.165, 1.54) is 0 Å². The summed E-state index contributed by atoms with van der Waals surface area (Å²) in [6, 6.07) is -1.27. The van der Waals surface area contributed by atoms with Gasteiger partial charge < -0.3 is 15.7 Å². The van der Waals surface area contributed by atoms with Crippen LogP contribution in [0.2, 0.25) is 0 Å². The summed E-state index contributed by atoms with van der Waals surface area (Å²) in [6.45, 7) is 1.23. The van der Waals surface area contributed by atoms with E-state index in [4.69, 9.17) is 5.11 Å². The average molecular weight is 158 g/mol. The molecule has 2 atom stereocenters.